The van der Waals surface area contributed by atoms with Gasteiger partial charge in [-0.25, -0.2) is 4.98 Å². The number of aromatic nitrogens is 3. The standard InChI is InChI=1S/C15H17N5/c1-9-2-5-13-12(6-9)10(7-18-13)3-4-11-8-19-15(17)20-14(11)16/h2,5-8,18H,3-4H2,1H3,(H4,16,17,19,20). The van der Waals surface area contributed by atoms with Crippen LogP contribution in [0.1, 0.15) is 16.7 Å². The van der Waals surface area contributed by atoms with Gasteiger partial charge in [-0.2, -0.15) is 4.98 Å². The van der Waals surface area contributed by atoms with Crippen LogP contribution in [0, 0.1) is 6.92 Å². The van der Waals surface area contributed by atoms with Crippen molar-refractivity contribution in [1.29, 1.82) is 0 Å². The lowest BCUT2D eigenvalue weighted by Crippen LogP contribution is -2.04. The second kappa shape index (κ2) is 4.85. The fraction of sp³-hybridized carbons (Fsp3) is 0.200. The largest absolute Gasteiger partial charge is 0.383 e. The predicted octanol–water partition coefficient (Wildman–Crippen LogP) is 2.22. The van der Waals surface area contributed by atoms with E-state index in [2.05, 4.69) is 46.3 Å². The molecule has 0 amide bonds. The van der Waals surface area contributed by atoms with Gasteiger partial charge >= 0.3 is 0 Å². The van der Waals surface area contributed by atoms with Crippen molar-refractivity contribution in [1.82, 2.24) is 15.0 Å². The molecule has 0 saturated carbocycles. The Labute approximate surface area is 117 Å². The van der Waals surface area contributed by atoms with E-state index in [0.717, 1.165) is 23.9 Å². The summed E-state index contributed by atoms with van der Waals surface area (Å²) >= 11 is 0. The van der Waals surface area contributed by atoms with Crippen LogP contribution in [0.25, 0.3) is 10.9 Å². The minimum absolute atomic E-state index is 0.217. The normalized spacial score (nSPS) is 11.1. The fourth-order valence-electron chi connectivity index (χ4n) is 2.40. The topological polar surface area (TPSA) is 93.6 Å². The van der Waals surface area contributed by atoms with E-state index in [1.807, 2.05) is 0 Å². The molecule has 0 aliphatic carbocycles. The molecule has 0 fully saturated rings. The van der Waals surface area contributed by atoms with Gasteiger partial charge in [0.1, 0.15) is 5.82 Å². The lowest BCUT2D eigenvalue weighted by atomic mass is 10.0. The first kappa shape index (κ1) is 12.5. The summed E-state index contributed by atoms with van der Waals surface area (Å²) < 4.78 is 0. The number of hydrogen-bond acceptors (Lipinski definition) is 4. The van der Waals surface area contributed by atoms with Crippen LogP contribution in [-0.2, 0) is 12.8 Å². The molecule has 0 aliphatic rings. The minimum atomic E-state index is 0.217. The molecule has 0 bridgehead atoms. The number of anilines is 2. The van der Waals surface area contributed by atoms with Crippen LogP contribution < -0.4 is 11.5 Å². The molecule has 0 radical (unpaired) electrons. The zero-order chi connectivity index (χ0) is 14.1. The van der Waals surface area contributed by atoms with Gasteiger partial charge in [0.25, 0.3) is 0 Å². The van der Waals surface area contributed by atoms with E-state index in [1.165, 1.54) is 16.5 Å². The Bertz CT molecular complexity index is 760. The number of fused-ring (bicyclic) bond motifs is 1. The molecule has 2 heterocycles. The van der Waals surface area contributed by atoms with E-state index in [0.29, 0.717) is 5.82 Å². The monoisotopic (exact) mass is 267 g/mol. The van der Waals surface area contributed by atoms with Gasteiger partial charge in [0.2, 0.25) is 5.95 Å². The molecule has 3 rings (SSSR count). The molecule has 5 heteroatoms. The van der Waals surface area contributed by atoms with Crippen molar-refractivity contribution in [2.24, 2.45) is 0 Å². The van der Waals surface area contributed by atoms with E-state index in [1.54, 1.807) is 6.20 Å². The number of nitrogens with one attached hydrogen (secondary N) is 1. The van der Waals surface area contributed by atoms with Gasteiger partial charge in [0, 0.05) is 28.9 Å². The number of nitrogen functional groups attached to an aromatic ring is 2. The molecule has 0 aliphatic heterocycles. The van der Waals surface area contributed by atoms with Gasteiger partial charge in [0.05, 0.1) is 0 Å². The van der Waals surface area contributed by atoms with Crippen LogP contribution in [0.3, 0.4) is 0 Å². The first-order chi connectivity index (χ1) is 9.63. The molecule has 20 heavy (non-hydrogen) atoms. The number of aryl methyl sites for hydroxylation is 3. The Kier molecular flexibility index (Phi) is 3.02. The summed E-state index contributed by atoms with van der Waals surface area (Å²) in [5, 5.41) is 1.26. The molecule has 5 nitrogen and oxygen atoms in total. The Morgan fingerprint density at radius 3 is 2.75 bits per heavy atom. The zero-order valence-electron chi connectivity index (χ0n) is 11.4. The highest BCUT2D eigenvalue weighted by atomic mass is 15.0. The molecule has 0 unspecified atom stereocenters. The van der Waals surface area contributed by atoms with Crippen molar-refractivity contribution in [2.75, 3.05) is 11.5 Å². The van der Waals surface area contributed by atoms with Crippen LogP contribution in [-0.4, -0.2) is 15.0 Å². The van der Waals surface area contributed by atoms with Crippen molar-refractivity contribution in [3.8, 4) is 0 Å². The van der Waals surface area contributed by atoms with E-state index in [9.17, 15) is 0 Å². The average Bonchev–Trinajstić information content (AvgIpc) is 2.80. The summed E-state index contributed by atoms with van der Waals surface area (Å²) in [5.41, 5.74) is 16.0. The van der Waals surface area contributed by atoms with E-state index in [-0.39, 0.29) is 5.95 Å². The van der Waals surface area contributed by atoms with Gasteiger partial charge in [-0.3, -0.25) is 0 Å². The highest BCUT2D eigenvalue weighted by Crippen LogP contribution is 2.22. The lowest BCUT2D eigenvalue weighted by Gasteiger charge is -2.04. The second-order valence-electron chi connectivity index (χ2n) is 5.00. The van der Waals surface area contributed by atoms with Crippen molar-refractivity contribution >= 4 is 22.7 Å². The maximum atomic E-state index is 5.86. The first-order valence-corrected chi connectivity index (χ1v) is 6.57. The quantitative estimate of drug-likeness (QED) is 0.678. The van der Waals surface area contributed by atoms with Crippen molar-refractivity contribution in [3.05, 3.63) is 47.3 Å². The lowest BCUT2D eigenvalue weighted by molar-refractivity contribution is 0.947. The molecule has 102 valence electrons. The van der Waals surface area contributed by atoms with E-state index >= 15 is 0 Å². The summed E-state index contributed by atoms with van der Waals surface area (Å²) in [6.45, 7) is 2.10. The Morgan fingerprint density at radius 1 is 1.15 bits per heavy atom. The average molecular weight is 267 g/mol. The number of rotatable bonds is 3. The summed E-state index contributed by atoms with van der Waals surface area (Å²) in [7, 11) is 0. The number of benzene rings is 1. The third kappa shape index (κ3) is 2.30. The predicted molar refractivity (Wildman–Crippen MR) is 81.3 cm³/mol. The maximum Gasteiger partial charge on any atom is 0.221 e. The van der Waals surface area contributed by atoms with Gasteiger partial charge in [-0.1, -0.05) is 11.6 Å². The number of nitrogens with two attached hydrogens (primary N) is 2. The molecule has 2 aromatic heterocycles. The Morgan fingerprint density at radius 2 is 1.95 bits per heavy atom. The zero-order valence-corrected chi connectivity index (χ0v) is 11.4. The van der Waals surface area contributed by atoms with Crippen LogP contribution in [0.4, 0.5) is 11.8 Å². The number of aromatic amines is 1. The minimum Gasteiger partial charge on any atom is -0.383 e. The van der Waals surface area contributed by atoms with Crippen molar-refractivity contribution < 1.29 is 0 Å². The fourth-order valence-corrected chi connectivity index (χ4v) is 2.40. The Balaban J connectivity index is 1.85. The highest BCUT2D eigenvalue weighted by Gasteiger charge is 2.07. The number of hydrogen-bond donors (Lipinski definition) is 3. The summed E-state index contributed by atoms with van der Waals surface area (Å²) in [6.07, 6.45) is 5.45. The van der Waals surface area contributed by atoms with Crippen molar-refractivity contribution in [3.63, 3.8) is 0 Å². The van der Waals surface area contributed by atoms with E-state index in [4.69, 9.17) is 11.5 Å². The van der Waals surface area contributed by atoms with Gasteiger partial charge in [-0.15, -0.1) is 0 Å². The molecule has 1 aromatic carbocycles. The maximum absolute atomic E-state index is 5.86. The molecular weight excluding hydrogens is 250 g/mol. The van der Waals surface area contributed by atoms with Crippen LogP contribution in [0.15, 0.2) is 30.6 Å². The molecule has 0 atom stereocenters. The molecular formula is C15H17N5. The third-order valence-electron chi connectivity index (χ3n) is 3.50. The summed E-state index contributed by atoms with van der Waals surface area (Å²) in [4.78, 5) is 11.3. The summed E-state index contributed by atoms with van der Waals surface area (Å²) in [5.74, 6) is 0.683. The highest BCUT2D eigenvalue weighted by molar-refractivity contribution is 5.83. The van der Waals surface area contributed by atoms with Gasteiger partial charge in [0.15, 0.2) is 0 Å². The smallest absolute Gasteiger partial charge is 0.221 e. The summed E-state index contributed by atoms with van der Waals surface area (Å²) in [6, 6.07) is 6.41. The molecule has 0 saturated heterocycles. The SMILES string of the molecule is Cc1ccc2[nH]cc(CCc3cnc(N)nc3N)c2c1. The third-order valence-corrected chi connectivity index (χ3v) is 3.50. The van der Waals surface area contributed by atoms with Gasteiger partial charge in [-0.05, 0) is 37.5 Å². The molecule has 3 aromatic rings. The number of nitrogens with zero attached hydrogens (tertiary/aromatic N) is 2. The first-order valence-electron chi connectivity index (χ1n) is 6.57. The van der Waals surface area contributed by atoms with Gasteiger partial charge < -0.3 is 16.5 Å². The Hall–Kier alpha value is -2.56. The van der Waals surface area contributed by atoms with Crippen molar-refractivity contribution in [2.45, 2.75) is 19.8 Å². The van der Waals surface area contributed by atoms with E-state index < -0.39 is 0 Å². The second-order valence-corrected chi connectivity index (χ2v) is 5.00. The van der Waals surface area contributed by atoms with Crippen LogP contribution in [0.5, 0.6) is 0 Å². The van der Waals surface area contributed by atoms with Crippen LogP contribution >= 0.6 is 0 Å². The van der Waals surface area contributed by atoms with Crippen LogP contribution in [0.2, 0.25) is 0 Å². The number of H-pyrrole nitrogens is 1. The molecule has 0 spiro atoms. The molecule has 5 N–H and O–H groups in total.